The molecule has 0 heterocycles. The smallest absolute Gasteiger partial charge is 0.339 e. The minimum atomic E-state index is -0.706. The third-order valence-corrected chi connectivity index (χ3v) is 3.93. The van der Waals surface area contributed by atoms with E-state index < -0.39 is 7.44 Å². The zero-order chi connectivity index (χ0) is 5.86. The third kappa shape index (κ3) is 3.15. The van der Waals surface area contributed by atoms with E-state index in [9.17, 15) is 0 Å². The average Bonchev–Trinajstić information content (AvgIpc) is 1.65. The number of hydrogen-bond donors (Lipinski definition) is 0. The molecule has 1 nitrogen and oxygen atoms in total. The zero-order valence-electron chi connectivity index (χ0n) is 3.91. The Morgan fingerprint density at radius 3 is 2.00 bits per heavy atom. The summed E-state index contributed by atoms with van der Waals surface area (Å²) in [6, 6.07) is 0. The molecule has 0 amide bonds. The highest BCUT2D eigenvalue weighted by atomic mass is 29.5. The lowest BCUT2D eigenvalue weighted by Gasteiger charge is -1.97. The molecule has 0 aliphatic carbocycles. The molecule has 0 spiro atoms. The van der Waals surface area contributed by atoms with Gasteiger partial charge < -0.3 is 4.43 Å². The molecule has 0 aliphatic heterocycles. The first-order chi connectivity index (χ1) is 3.18. The molecule has 0 rings (SSSR count). The van der Waals surface area contributed by atoms with Crippen molar-refractivity contribution in [1.82, 2.24) is 0 Å². The summed E-state index contributed by atoms with van der Waals surface area (Å²) in [5.74, 6) is 0. The van der Waals surface area contributed by atoms with Crippen LogP contribution in [0.15, 0.2) is 0 Å². The van der Waals surface area contributed by atoms with Crippen molar-refractivity contribution in [3.8, 4) is 0 Å². The van der Waals surface area contributed by atoms with Gasteiger partial charge in [0.15, 0.2) is 0 Å². The van der Waals surface area contributed by atoms with Crippen LogP contribution in [0.1, 0.15) is 6.92 Å². The lowest BCUT2D eigenvalue weighted by molar-refractivity contribution is 0.624. The lowest BCUT2D eigenvalue weighted by Crippen LogP contribution is -2.15. The Kier molecular flexibility index (Phi) is 3.80. The Bertz CT molecular complexity index is 83.7. The zero-order valence-corrected chi connectivity index (χ0v) is 7.91. The first kappa shape index (κ1) is 7.54. The van der Waals surface area contributed by atoms with Crippen LogP contribution in [0.25, 0.3) is 0 Å². The summed E-state index contributed by atoms with van der Waals surface area (Å²) >= 11 is 0. The van der Waals surface area contributed by atoms with Crippen LogP contribution in [-0.4, -0.2) is 42.8 Å². The molecule has 7 heavy (non-hydrogen) atoms. The normalized spacial score (nSPS) is 8.00. The van der Waals surface area contributed by atoms with Crippen molar-refractivity contribution in [2.45, 2.75) is 6.92 Å². The van der Waals surface area contributed by atoms with E-state index in [0.717, 1.165) is 5.35 Å². The van der Waals surface area contributed by atoms with Gasteiger partial charge in [0.05, 0.1) is 0 Å². The SMILES string of the molecule is CC(O[Si])=[Si]([Si])[Si]. The third-order valence-electron chi connectivity index (χ3n) is 0.505. The second kappa shape index (κ2) is 3.53. The van der Waals surface area contributed by atoms with Crippen molar-refractivity contribution in [2.75, 3.05) is 0 Å². The van der Waals surface area contributed by atoms with Crippen molar-refractivity contribution in [3.05, 3.63) is 0 Å². The minimum absolute atomic E-state index is 0.706. The second-order valence-electron chi connectivity index (χ2n) is 1.03. The summed E-state index contributed by atoms with van der Waals surface area (Å²) in [6.07, 6.45) is 0. The number of hydrogen-bond acceptors (Lipinski definition) is 1. The Morgan fingerprint density at radius 2 is 2.00 bits per heavy atom. The van der Waals surface area contributed by atoms with E-state index in [1.807, 2.05) is 6.92 Å². The molecule has 0 unspecified atom stereocenters. The molecule has 0 aliphatic rings. The summed E-state index contributed by atoms with van der Waals surface area (Å²) in [5, 5.41) is 0.940. The predicted octanol–water partition coefficient (Wildman–Crippen LogP) is -1.36. The van der Waals surface area contributed by atoms with Crippen LogP contribution >= 0.6 is 0 Å². The molecule has 0 fully saturated rings. The van der Waals surface area contributed by atoms with Crippen molar-refractivity contribution in [2.24, 2.45) is 0 Å². The fourth-order valence-corrected chi connectivity index (χ4v) is 1.38. The van der Waals surface area contributed by atoms with Crippen molar-refractivity contribution < 1.29 is 4.43 Å². The molecule has 0 bridgehead atoms. The molecule has 0 aromatic rings. The Labute approximate surface area is 54.6 Å². The van der Waals surface area contributed by atoms with Gasteiger partial charge in [-0.2, -0.15) is 0 Å². The van der Waals surface area contributed by atoms with Crippen molar-refractivity contribution >= 4 is 42.8 Å². The molecule has 0 saturated carbocycles. The molecule has 9 radical (unpaired) electrons. The quantitative estimate of drug-likeness (QED) is 0.425. The highest BCUT2D eigenvalue weighted by molar-refractivity contribution is 7.31. The lowest BCUT2D eigenvalue weighted by atomic mass is 10.9. The Morgan fingerprint density at radius 1 is 1.57 bits per heavy atom. The Hall–Kier alpha value is 0.538. The molecule has 0 N–H and O–H groups in total. The Balaban J connectivity index is 3.72. The van der Waals surface area contributed by atoms with Crippen LogP contribution in [-0.2, 0) is 4.43 Å². The van der Waals surface area contributed by atoms with E-state index in [1.165, 1.54) is 0 Å². The molecule has 33 valence electrons. The van der Waals surface area contributed by atoms with Crippen LogP contribution in [0.5, 0.6) is 0 Å². The van der Waals surface area contributed by atoms with Gasteiger partial charge in [0.25, 0.3) is 0 Å². The first-order valence-electron chi connectivity index (χ1n) is 1.66. The molecule has 0 saturated heterocycles. The summed E-state index contributed by atoms with van der Waals surface area (Å²) in [6.45, 7) is 1.89. The van der Waals surface area contributed by atoms with E-state index in [-0.39, 0.29) is 0 Å². The molecule has 0 aromatic carbocycles. The molecule has 0 atom stereocenters. The molecular formula is C2H3OSi4. The van der Waals surface area contributed by atoms with Gasteiger partial charge in [-0.1, -0.05) is 0 Å². The minimum Gasteiger partial charge on any atom is -0.549 e. The van der Waals surface area contributed by atoms with E-state index in [0.29, 0.717) is 0 Å². The fraction of sp³-hybridized carbons (Fsp3) is 0.500. The summed E-state index contributed by atoms with van der Waals surface area (Å²) in [5.41, 5.74) is 0. The van der Waals surface area contributed by atoms with Gasteiger partial charge in [0.1, 0.15) is 0 Å². The fourth-order valence-electron chi connectivity index (χ4n) is 0.0510. The highest BCUT2D eigenvalue weighted by Gasteiger charge is 1.85. The van der Waals surface area contributed by atoms with Gasteiger partial charge in [-0.25, -0.2) is 0 Å². The highest BCUT2D eigenvalue weighted by Crippen LogP contribution is 1.66. The van der Waals surface area contributed by atoms with Gasteiger partial charge in [0, 0.05) is 32.3 Å². The van der Waals surface area contributed by atoms with Crippen LogP contribution in [0.3, 0.4) is 0 Å². The van der Waals surface area contributed by atoms with Crippen LogP contribution in [0, 0.1) is 0 Å². The van der Waals surface area contributed by atoms with Gasteiger partial charge >= 0.3 is 10.5 Å². The maximum absolute atomic E-state index is 4.68. The monoisotopic (exact) mass is 155 g/mol. The summed E-state index contributed by atoms with van der Waals surface area (Å²) in [7, 11) is 8.91. The van der Waals surface area contributed by atoms with Crippen molar-refractivity contribution in [1.29, 1.82) is 0 Å². The van der Waals surface area contributed by atoms with Gasteiger partial charge in [-0.3, -0.25) is 0 Å². The summed E-state index contributed by atoms with van der Waals surface area (Å²) in [4.78, 5) is 0. The van der Waals surface area contributed by atoms with Crippen LogP contribution in [0.4, 0.5) is 0 Å². The van der Waals surface area contributed by atoms with E-state index in [2.05, 4.69) is 34.4 Å². The van der Waals surface area contributed by atoms with E-state index >= 15 is 0 Å². The topological polar surface area (TPSA) is 9.23 Å². The largest absolute Gasteiger partial charge is 0.549 e. The predicted molar refractivity (Wildman–Crippen MR) is 34.8 cm³/mol. The van der Waals surface area contributed by atoms with Crippen LogP contribution < -0.4 is 0 Å². The van der Waals surface area contributed by atoms with Gasteiger partial charge in [0.2, 0.25) is 0 Å². The molecular weight excluding hydrogens is 152 g/mol. The van der Waals surface area contributed by atoms with Crippen molar-refractivity contribution in [3.63, 3.8) is 0 Å². The molecule has 5 heteroatoms. The maximum atomic E-state index is 4.68. The van der Waals surface area contributed by atoms with E-state index in [1.54, 1.807) is 0 Å². The standard InChI is InChI=1S/C2H3OSi4/c1-2(3-4)7(5)6/h1H3. The summed E-state index contributed by atoms with van der Waals surface area (Å²) < 4.78 is 4.68. The van der Waals surface area contributed by atoms with Gasteiger partial charge in [-0.15, -0.1) is 0 Å². The van der Waals surface area contributed by atoms with Gasteiger partial charge in [-0.05, 0) is 6.92 Å². The average molecular weight is 155 g/mol. The van der Waals surface area contributed by atoms with E-state index in [4.69, 9.17) is 0 Å². The first-order valence-corrected chi connectivity index (χ1v) is 6.57. The second-order valence-corrected chi connectivity index (χ2v) is 7.19. The maximum Gasteiger partial charge on any atom is 0.339 e. The molecule has 0 aromatic heterocycles. The van der Waals surface area contributed by atoms with Crippen LogP contribution in [0.2, 0.25) is 0 Å². The number of rotatable bonds is 1.